The monoisotopic (exact) mass is 346 g/mol. The number of aryl methyl sites for hydroxylation is 1. The third-order valence-electron chi connectivity index (χ3n) is 4.15. The number of fused-ring (bicyclic) bond motifs is 3. The van der Waals surface area contributed by atoms with Crippen LogP contribution in [0.4, 0.5) is 5.95 Å². The summed E-state index contributed by atoms with van der Waals surface area (Å²) < 4.78 is 9.58. The van der Waals surface area contributed by atoms with Crippen LogP contribution in [0, 0.1) is 0 Å². The van der Waals surface area contributed by atoms with Crippen LogP contribution in [0.3, 0.4) is 0 Å². The number of ether oxygens (including phenoxy) is 1. The molecule has 134 valence electrons. The van der Waals surface area contributed by atoms with Gasteiger partial charge >= 0.3 is 5.69 Å². The summed E-state index contributed by atoms with van der Waals surface area (Å²) in [6.07, 6.45) is 3.59. The van der Waals surface area contributed by atoms with Gasteiger partial charge in [0.15, 0.2) is 11.2 Å². The zero-order valence-corrected chi connectivity index (χ0v) is 14.9. The zero-order chi connectivity index (χ0) is 18.1. The van der Waals surface area contributed by atoms with E-state index in [1.165, 1.54) is 9.13 Å². The van der Waals surface area contributed by atoms with Crippen LogP contribution in [0.25, 0.3) is 11.2 Å². The van der Waals surface area contributed by atoms with E-state index in [1.807, 2.05) is 24.5 Å². The zero-order valence-electron chi connectivity index (χ0n) is 14.9. The van der Waals surface area contributed by atoms with Gasteiger partial charge in [-0.15, -0.1) is 0 Å². The van der Waals surface area contributed by atoms with Crippen molar-refractivity contribution < 1.29 is 4.74 Å². The number of imidazole rings is 1. The Morgan fingerprint density at radius 1 is 1.32 bits per heavy atom. The maximum atomic E-state index is 12.9. The number of nitrogens with zero attached hydrogens (tertiary/aromatic N) is 6. The standard InChI is InChI=1S/C16H22N6O3/c1-5-6-7-20-14(23)12-13(19(3)16(20)24)17-15-21(12)10-11(2)18-22(15)8-9-25-4/h5-6H,7-10H2,1-4H3/b6-5+. The molecule has 0 aliphatic carbocycles. The maximum absolute atomic E-state index is 12.9. The minimum Gasteiger partial charge on any atom is -0.383 e. The minimum atomic E-state index is -0.382. The van der Waals surface area contributed by atoms with E-state index in [1.54, 1.807) is 25.2 Å². The van der Waals surface area contributed by atoms with Crippen molar-refractivity contribution in [3.05, 3.63) is 33.0 Å². The molecule has 2 aromatic rings. The van der Waals surface area contributed by atoms with Gasteiger partial charge in [0.05, 0.1) is 25.4 Å². The average Bonchev–Trinajstić information content (AvgIpc) is 2.97. The Kier molecular flexibility index (Phi) is 4.58. The van der Waals surface area contributed by atoms with Crippen molar-refractivity contribution in [2.45, 2.75) is 26.9 Å². The highest BCUT2D eigenvalue weighted by molar-refractivity contribution is 5.87. The van der Waals surface area contributed by atoms with Crippen molar-refractivity contribution in [2.75, 3.05) is 25.3 Å². The van der Waals surface area contributed by atoms with Crippen molar-refractivity contribution in [1.82, 2.24) is 18.7 Å². The van der Waals surface area contributed by atoms with Gasteiger partial charge in [0.25, 0.3) is 5.56 Å². The van der Waals surface area contributed by atoms with Gasteiger partial charge in [-0.2, -0.15) is 10.1 Å². The van der Waals surface area contributed by atoms with Gasteiger partial charge in [-0.25, -0.2) is 9.80 Å². The predicted octanol–water partition coefficient (Wildman–Crippen LogP) is 0.315. The van der Waals surface area contributed by atoms with Crippen LogP contribution in [-0.4, -0.2) is 44.7 Å². The summed E-state index contributed by atoms with van der Waals surface area (Å²) in [6.45, 7) is 5.44. The van der Waals surface area contributed by atoms with Crippen LogP contribution in [0.5, 0.6) is 0 Å². The van der Waals surface area contributed by atoms with Crippen LogP contribution < -0.4 is 16.3 Å². The van der Waals surface area contributed by atoms with Gasteiger partial charge in [0, 0.05) is 20.7 Å². The topological polar surface area (TPSA) is 86.7 Å². The van der Waals surface area contributed by atoms with E-state index in [4.69, 9.17) is 4.74 Å². The number of hydrogen-bond donors (Lipinski definition) is 0. The van der Waals surface area contributed by atoms with Crippen molar-refractivity contribution in [2.24, 2.45) is 12.1 Å². The fourth-order valence-electron chi connectivity index (χ4n) is 2.92. The third kappa shape index (κ3) is 2.80. The number of anilines is 1. The molecular weight excluding hydrogens is 324 g/mol. The second-order valence-corrected chi connectivity index (χ2v) is 5.95. The Hall–Kier alpha value is -2.68. The number of aromatic nitrogens is 4. The summed E-state index contributed by atoms with van der Waals surface area (Å²) in [7, 11) is 3.25. The Bertz CT molecular complexity index is 978. The van der Waals surface area contributed by atoms with Gasteiger partial charge in [-0.1, -0.05) is 12.2 Å². The molecular formula is C16H22N6O3. The SMILES string of the molecule is C/C=C/Cn1c(=O)c2c(nc3n2CC(C)=NN3CCOC)n(C)c1=O. The van der Waals surface area contributed by atoms with Gasteiger partial charge in [-0.05, 0) is 13.8 Å². The lowest BCUT2D eigenvalue weighted by molar-refractivity contribution is 0.205. The molecule has 9 nitrogen and oxygen atoms in total. The van der Waals surface area contributed by atoms with Crippen molar-refractivity contribution in [3.8, 4) is 0 Å². The van der Waals surface area contributed by atoms with Crippen LogP contribution in [-0.2, 0) is 24.9 Å². The van der Waals surface area contributed by atoms with Crippen LogP contribution >= 0.6 is 0 Å². The van der Waals surface area contributed by atoms with Crippen molar-refractivity contribution >= 4 is 22.8 Å². The summed E-state index contributed by atoms with van der Waals surface area (Å²) >= 11 is 0. The van der Waals surface area contributed by atoms with Crippen LogP contribution in [0.15, 0.2) is 26.8 Å². The van der Waals surface area contributed by atoms with Gasteiger partial charge in [0.2, 0.25) is 5.95 Å². The number of rotatable bonds is 5. The first kappa shape index (κ1) is 17.2. The summed E-state index contributed by atoms with van der Waals surface area (Å²) in [5, 5.41) is 6.20. The highest BCUT2D eigenvalue weighted by atomic mass is 16.5. The van der Waals surface area contributed by atoms with E-state index >= 15 is 0 Å². The molecule has 0 fully saturated rings. The molecule has 0 bridgehead atoms. The molecule has 25 heavy (non-hydrogen) atoms. The molecule has 3 rings (SSSR count). The number of methoxy groups -OCH3 is 1. The second kappa shape index (κ2) is 6.67. The van der Waals surface area contributed by atoms with E-state index in [2.05, 4.69) is 10.1 Å². The smallest absolute Gasteiger partial charge is 0.332 e. The first-order valence-corrected chi connectivity index (χ1v) is 8.11. The molecule has 2 aromatic heterocycles. The van der Waals surface area contributed by atoms with Crippen molar-refractivity contribution in [1.29, 1.82) is 0 Å². The second-order valence-electron chi connectivity index (χ2n) is 5.95. The lowest BCUT2D eigenvalue weighted by Gasteiger charge is -2.24. The number of allylic oxidation sites excluding steroid dienone is 2. The Balaban J connectivity index is 2.26. The molecule has 0 radical (unpaired) electrons. The molecule has 0 unspecified atom stereocenters. The molecule has 0 amide bonds. The fraction of sp³-hybridized carbons (Fsp3) is 0.500. The predicted molar refractivity (Wildman–Crippen MR) is 96.4 cm³/mol. The number of hydrogen-bond acceptors (Lipinski definition) is 6. The molecule has 0 N–H and O–H groups in total. The van der Waals surface area contributed by atoms with Gasteiger partial charge in [-0.3, -0.25) is 18.5 Å². The van der Waals surface area contributed by atoms with E-state index in [0.717, 1.165) is 5.71 Å². The Labute approximate surface area is 144 Å². The normalized spacial score (nSPS) is 14.4. The quantitative estimate of drug-likeness (QED) is 0.728. The highest BCUT2D eigenvalue weighted by Gasteiger charge is 2.26. The number of hydrazone groups is 1. The van der Waals surface area contributed by atoms with Gasteiger partial charge < -0.3 is 4.74 Å². The maximum Gasteiger partial charge on any atom is 0.332 e. The van der Waals surface area contributed by atoms with E-state index in [9.17, 15) is 9.59 Å². The van der Waals surface area contributed by atoms with E-state index in [-0.39, 0.29) is 17.8 Å². The van der Waals surface area contributed by atoms with E-state index in [0.29, 0.717) is 36.8 Å². The summed E-state index contributed by atoms with van der Waals surface area (Å²) in [4.78, 5) is 30.0. The molecule has 9 heteroatoms. The molecule has 1 aliphatic rings. The Morgan fingerprint density at radius 3 is 2.76 bits per heavy atom. The Morgan fingerprint density at radius 2 is 2.08 bits per heavy atom. The molecule has 0 saturated carbocycles. The first-order valence-electron chi connectivity index (χ1n) is 8.11. The summed E-state index contributed by atoms with van der Waals surface area (Å²) in [6, 6.07) is 0. The lowest BCUT2D eigenvalue weighted by atomic mass is 10.3. The van der Waals surface area contributed by atoms with Crippen LogP contribution in [0.2, 0.25) is 0 Å². The third-order valence-corrected chi connectivity index (χ3v) is 4.15. The fourth-order valence-corrected chi connectivity index (χ4v) is 2.92. The molecule has 0 spiro atoms. The molecule has 0 saturated heterocycles. The summed E-state index contributed by atoms with van der Waals surface area (Å²) in [5.74, 6) is 0.550. The minimum absolute atomic E-state index is 0.235. The van der Waals surface area contributed by atoms with E-state index < -0.39 is 0 Å². The molecule has 0 aromatic carbocycles. The van der Waals surface area contributed by atoms with Crippen LogP contribution in [0.1, 0.15) is 13.8 Å². The van der Waals surface area contributed by atoms with Gasteiger partial charge in [0.1, 0.15) is 0 Å². The van der Waals surface area contributed by atoms with Crippen molar-refractivity contribution in [3.63, 3.8) is 0 Å². The molecule has 1 aliphatic heterocycles. The first-order chi connectivity index (χ1) is 12.0. The average molecular weight is 346 g/mol. The largest absolute Gasteiger partial charge is 0.383 e. The lowest BCUT2D eigenvalue weighted by Crippen LogP contribution is -2.39. The molecule has 3 heterocycles. The summed E-state index contributed by atoms with van der Waals surface area (Å²) in [5.41, 5.74) is 0.923. The highest BCUT2D eigenvalue weighted by Crippen LogP contribution is 2.23. The molecule has 0 atom stereocenters.